The van der Waals surface area contributed by atoms with E-state index in [9.17, 15) is 8.78 Å². The van der Waals surface area contributed by atoms with Crippen LogP contribution in [-0.2, 0) is 12.3 Å². The number of halogens is 4. The van der Waals surface area contributed by atoms with Gasteiger partial charge in [-0.3, -0.25) is 0 Å². The van der Waals surface area contributed by atoms with Crippen molar-refractivity contribution >= 4 is 27.5 Å². The first-order chi connectivity index (χ1) is 7.10. The van der Waals surface area contributed by atoms with E-state index < -0.39 is 6.43 Å². The molecular formula is C9H6BrClF2N2. The third-order valence-electron chi connectivity index (χ3n) is 1.83. The lowest BCUT2D eigenvalue weighted by atomic mass is 10.0. The zero-order valence-electron chi connectivity index (χ0n) is 7.48. The average molecular weight is 296 g/mol. The summed E-state index contributed by atoms with van der Waals surface area (Å²) in [5.74, 6) is 0.0101. The molecule has 0 N–H and O–H groups in total. The van der Waals surface area contributed by atoms with Gasteiger partial charge in [0.05, 0.1) is 24.1 Å². The van der Waals surface area contributed by atoms with E-state index in [2.05, 4.69) is 20.9 Å². The quantitative estimate of drug-likeness (QED) is 0.631. The molecule has 0 spiro atoms. The molecule has 15 heavy (non-hydrogen) atoms. The van der Waals surface area contributed by atoms with Gasteiger partial charge in [0.1, 0.15) is 4.60 Å². The van der Waals surface area contributed by atoms with E-state index in [0.717, 1.165) is 0 Å². The molecule has 80 valence electrons. The number of aromatic nitrogens is 1. The summed E-state index contributed by atoms with van der Waals surface area (Å²) in [4.78, 5) is 3.95. The minimum atomic E-state index is -2.63. The van der Waals surface area contributed by atoms with Crippen LogP contribution in [0.2, 0.25) is 0 Å². The Bertz CT molecular complexity index is 404. The predicted octanol–water partition coefficient (Wildman–Crippen LogP) is 3.59. The SMILES string of the molecule is N#CCc1c(C(F)F)cc(Br)nc1CCl. The lowest BCUT2D eigenvalue weighted by molar-refractivity contribution is 0.150. The molecule has 0 aliphatic carbocycles. The van der Waals surface area contributed by atoms with Crippen LogP contribution >= 0.6 is 27.5 Å². The average Bonchev–Trinajstić information content (AvgIpc) is 2.19. The molecule has 0 unspecified atom stereocenters. The van der Waals surface area contributed by atoms with Crippen molar-refractivity contribution in [2.24, 2.45) is 0 Å². The van der Waals surface area contributed by atoms with Crippen LogP contribution in [0.4, 0.5) is 8.78 Å². The first kappa shape index (κ1) is 12.3. The molecular weight excluding hydrogens is 289 g/mol. The molecule has 0 atom stereocenters. The molecule has 0 aliphatic heterocycles. The Labute approximate surface area is 99.0 Å². The van der Waals surface area contributed by atoms with Crippen LogP contribution in [0.25, 0.3) is 0 Å². The molecule has 1 rings (SSSR count). The maximum Gasteiger partial charge on any atom is 0.264 e. The molecule has 1 aromatic rings. The number of hydrogen-bond acceptors (Lipinski definition) is 2. The highest BCUT2D eigenvalue weighted by atomic mass is 79.9. The van der Waals surface area contributed by atoms with E-state index in [1.54, 1.807) is 0 Å². The van der Waals surface area contributed by atoms with Crippen molar-refractivity contribution in [1.82, 2.24) is 4.98 Å². The van der Waals surface area contributed by atoms with Gasteiger partial charge in [0.2, 0.25) is 0 Å². The number of pyridine rings is 1. The van der Waals surface area contributed by atoms with Crippen LogP contribution in [0.1, 0.15) is 23.2 Å². The van der Waals surface area contributed by atoms with Gasteiger partial charge in [-0.15, -0.1) is 11.6 Å². The summed E-state index contributed by atoms with van der Waals surface area (Å²) in [5, 5.41) is 8.54. The van der Waals surface area contributed by atoms with Gasteiger partial charge in [-0.1, -0.05) is 0 Å². The second kappa shape index (κ2) is 5.38. The normalized spacial score (nSPS) is 10.4. The van der Waals surface area contributed by atoms with Crippen LogP contribution in [0.5, 0.6) is 0 Å². The standard InChI is InChI=1S/C9H6BrClF2N2/c10-8-3-6(9(12)13)5(1-2-14)7(4-11)15-8/h3,9H,1,4H2. The number of hydrogen-bond donors (Lipinski definition) is 0. The van der Waals surface area contributed by atoms with Crippen molar-refractivity contribution in [2.75, 3.05) is 0 Å². The minimum Gasteiger partial charge on any atom is -0.244 e. The number of alkyl halides is 3. The highest BCUT2D eigenvalue weighted by molar-refractivity contribution is 9.10. The van der Waals surface area contributed by atoms with Gasteiger partial charge in [-0.2, -0.15) is 5.26 Å². The zero-order chi connectivity index (χ0) is 11.4. The molecule has 6 heteroatoms. The number of nitrogens with zero attached hydrogens (tertiary/aromatic N) is 2. The second-order valence-electron chi connectivity index (χ2n) is 2.73. The van der Waals surface area contributed by atoms with Crippen molar-refractivity contribution < 1.29 is 8.78 Å². The lowest BCUT2D eigenvalue weighted by Crippen LogP contribution is -2.02. The summed E-state index contributed by atoms with van der Waals surface area (Å²) >= 11 is 8.60. The number of rotatable bonds is 3. The Balaban J connectivity index is 3.34. The van der Waals surface area contributed by atoms with Gasteiger partial charge in [0.15, 0.2) is 0 Å². The predicted molar refractivity (Wildman–Crippen MR) is 55.8 cm³/mol. The molecule has 0 radical (unpaired) electrons. The van der Waals surface area contributed by atoms with Crippen molar-refractivity contribution in [1.29, 1.82) is 5.26 Å². The van der Waals surface area contributed by atoms with Crippen LogP contribution in [0.3, 0.4) is 0 Å². The summed E-state index contributed by atoms with van der Waals surface area (Å²) < 4.78 is 25.6. The molecule has 1 aromatic heterocycles. The van der Waals surface area contributed by atoms with Crippen molar-refractivity contribution in [3.8, 4) is 6.07 Å². The first-order valence-electron chi connectivity index (χ1n) is 3.99. The summed E-state index contributed by atoms with van der Waals surface area (Å²) in [6.45, 7) is 0. The topological polar surface area (TPSA) is 36.7 Å². The van der Waals surface area contributed by atoms with Crippen LogP contribution in [0.15, 0.2) is 10.7 Å². The van der Waals surface area contributed by atoms with E-state index in [4.69, 9.17) is 16.9 Å². The third-order valence-corrected chi connectivity index (χ3v) is 2.49. The van der Waals surface area contributed by atoms with Crippen molar-refractivity contribution in [3.63, 3.8) is 0 Å². The summed E-state index contributed by atoms with van der Waals surface area (Å²) in [6, 6.07) is 3.04. The molecule has 0 amide bonds. The fourth-order valence-corrected chi connectivity index (χ4v) is 1.88. The Hall–Kier alpha value is -0.730. The smallest absolute Gasteiger partial charge is 0.244 e. The molecule has 0 saturated heterocycles. The van der Waals surface area contributed by atoms with E-state index in [-0.39, 0.29) is 23.4 Å². The van der Waals surface area contributed by atoms with Crippen LogP contribution < -0.4 is 0 Å². The second-order valence-corrected chi connectivity index (χ2v) is 3.81. The fourth-order valence-electron chi connectivity index (χ4n) is 1.20. The van der Waals surface area contributed by atoms with E-state index in [1.807, 2.05) is 6.07 Å². The van der Waals surface area contributed by atoms with Gasteiger partial charge in [0.25, 0.3) is 6.43 Å². The summed E-state index contributed by atoms with van der Waals surface area (Å²) in [7, 11) is 0. The molecule has 0 saturated carbocycles. The van der Waals surface area contributed by atoms with Crippen LogP contribution in [0, 0.1) is 11.3 Å². The van der Waals surface area contributed by atoms with Gasteiger partial charge >= 0.3 is 0 Å². The molecule has 1 heterocycles. The molecule has 2 nitrogen and oxygen atoms in total. The largest absolute Gasteiger partial charge is 0.264 e. The van der Waals surface area contributed by atoms with Crippen LogP contribution in [-0.4, -0.2) is 4.98 Å². The molecule has 0 bridgehead atoms. The monoisotopic (exact) mass is 294 g/mol. The van der Waals surface area contributed by atoms with Gasteiger partial charge in [-0.25, -0.2) is 13.8 Å². The summed E-state index contributed by atoms with van der Waals surface area (Å²) in [6.07, 6.45) is -2.74. The van der Waals surface area contributed by atoms with Gasteiger partial charge in [0, 0.05) is 5.56 Å². The highest BCUT2D eigenvalue weighted by Crippen LogP contribution is 2.28. The first-order valence-corrected chi connectivity index (χ1v) is 5.32. The maximum absolute atomic E-state index is 12.6. The van der Waals surface area contributed by atoms with Gasteiger partial charge in [-0.05, 0) is 27.6 Å². The molecule has 0 fully saturated rings. The minimum absolute atomic E-state index is 0.0101. The number of nitriles is 1. The maximum atomic E-state index is 12.6. The van der Waals surface area contributed by atoms with Crippen molar-refractivity contribution in [3.05, 3.63) is 27.5 Å². The zero-order valence-corrected chi connectivity index (χ0v) is 9.82. The Kier molecular flexibility index (Phi) is 4.43. The highest BCUT2D eigenvalue weighted by Gasteiger charge is 2.17. The third kappa shape index (κ3) is 2.86. The Morgan fingerprint density at radius 3 is 2.73 bits per heavy atom. The molecule has 0 aliphatic rings. The molecule has 0 aromatic carbocycles. The lowest BCUT2D eigenvalue weighted by Gasteiger charge is -2.10. The van der Waals surface area contributed by atoms with Crippen molar-refractivity contribution in [2.45, 2.75) is 18.7 Å². The van der Waals surface area contributed by atoms with E-state index in [1.165, 1.54) is 6.07 Å². The van der Waals surface area contributed by atoms with E-state index >= 15 is 0 Å². The summed E-state index contributed by atoms with van der Waals surface area (Å²) in [5.41, 5.74) is 0.364. The fraction of sp³-hybridized carbons (Fsp3) is 0.333. The Morgan fingerprint density at radius 2 is 2.27 bits per heavy atom. The Morgan fingerprint density at radius 1 is 1.60 bits per heavy atom. The van der Waals surface area contributed by atoms with E-state index in [0.29, 0.717) is 10.3 Å². The van der Waals surface area contributed by atoms with Gasteiger partial charge < -0.3 is 0 Å².